The van der Waals surface area contributed by atoms with Crippen molar-refractivity contribution in [2.24, 2.45) is 5.14 Å². The molecule has 0 aliphatic carbocycles. The van der Waals surface area contributed by atoms with E-state index in [0.717, 1.165) is 6.26 Å². The molecule has 0 aromatic heterocycles. The van der Waals surface area contributed by atoms with Gasteiger partial charge in [0.15, 0.2) is 23.1 Å². The summed E-state index contributed by atoms with van der Waals surface area (Å²) in [5, 5.41) is 13.0. The highest BCUT2D eigenvalue weighted by Gasteiger charge is 2.39. The summed E-state index contributed by atoms with van der Waals surface area (Å²) in [6.45, 7) is 0. The Labute approximate surface area is 330 Å². The molecule has 4 aromatic rings. The number of ether oxygens (including phenoxy) is 2. The van der Waals surface area contributed by atoms with Gasteiger partial charge in [0.05, 0.1) is 45.9 Å². The summed E-state index contributed by atoms with van der Waals surface area (Å²) in [4.78, 5) is 22.3. The lowest BCUT2D eigenvalue weighted by Gasteiger charge is -2.15. The smallest absolute Gasteiger partial charge is 0.416 e. The van der Waals surface area contributed by atoms with Crippen molar-refractivity contribution in [2.45, 2.75) is 24.7 Å². The molecule has 0 atom stereocenters. The minimum Gasteiger partial charge on any atom is -0.478 e. The summed E-state index contributed by atoms with van der Waals surface area (Å²) in [5.74, 6) is -13.9. The quantitative estimate of drug-likeness (QED) is 0.153. The third-order valence-electron chi connectivity index (χ3n) is 6.37. The number of carbonyl (C=O) groups excluding carboxylic acids is 1. The maximum absolute atomic E-state index is 14.1. The standard InChI is InChI=1S/C16H9F8NO4S.C15H6F8O3.CH5NO2S/c1-30(27,28)25-14(26)10-5-12(18)13(6-11(10)17)29-9-3-7(15(19,20)21)2-8(4-9)16(22,23)24;16-10-5-12(11(17)4-9(10)13(24)25)26-8-2-6(14(18,19)20)1-7(3-8)15(21,22)23;1-5(2,3)4/h2-6H,1H3,(H,25,26);1-5H,(H,24,25);1H3,(H2,2,3,4). The first-order valence-electron chi connectivity index (χ1n) is 14.9. The van der Waals surface area contributed by atoms with Crippen LogP contribution in [0.5, 0.6) is 23.0 Å². The van der Waals surface area contributed by atoms with Crippen molar-refractivity contribution in [2.75, 3.05) is 12.5 Å². The molecule has 0 heterocycles. The molecule has 11 nitrogen and oxygen atoms in total. The fraction of sp³-hybridized carbons (Fsp3) is 0.188. The van der Waals surface area contributed by atoms with Crippen molar-refractivity contribution >= 4 is 31.9 Å². The molecular formula is C32H20F16N2O9S2. The first-order chi connectivity index (χ1) is 27.3. The molecular weight excluding hydrogens is 924 g/mol. The Bertz CT molecular complexity index is 2450. The van der Waals surface area contributed by atoms with Gasteiger partial charge in [-0.2, -0.15) is 52.7 Å². The van der Waals surface area contributed by atoms with Gasteiger partial charge in [-0.15, -0.1) is 0 Å². The average molecular weight is 945 g/mol. The third-order valence-corrected chi connectivity index (χ3v) is 6.93. The normalized spacial score (nSPS) is 12.3. The summed E-state index contributed by atoms with van der Waals surface area (Å²) in [5.41, 5.74) is -9.12. The Morgan fingerprint density at radius 2 is 0.803 bits per heavy atom. The van der Waals surface area contributed by atoms with Gasteiger partial charge in [0.2, 0.25) is 20.0 Å². The van der Waals surface area contributed by atoms with Gasteiger partial charge in [-0.25, -0.2) is 49.1 Å². The van der Waals surface area contributed by atoms with E-state index >= 15 is 0 Å². The Kier molecular flexibility index (Phi) is 15.5. The molecule has 0 spiro atoms. The SMILES string of the molecule is CS(=O)(=O)NC(=O)c1cc(F)c(Oc2cc(C(F)(F)F)cc(C(F)(F)F)c2)cc1F.CS(N)(=O)=O.O=C(O)c1cc(F)c(Oc2cc(C(F)(F)F)cc(C(F)(F)F)c2)cc1F. The van der Waals surface area contributed by atoms with Gasteiger partial charge in [-0.05, 0) is 48.5 Å². The van der Waals surface area contributed by atoms with Crippen molar-refractivity contribution in [1.82, 2.24) is 4.72 Å². The summed E-state index contributed by atoms with van der Waals surface area (Å²) in [6, 6.07) is 0.962. The predicted molar refractivity (Wildman–Crippen MR) is 174 cm³/mol. The molecule has 4 N–H and O–H groups in total. The highest BCUT2D eigenvalue weighted by molar-refractivity contribution is 7.89. The molecule has 4 aromatic carbocycles. The van der Waals surface area contributed by atoms with Crippen LogP contribution in [0.1, 0.15) is 43.0 Å². The number of carbonyl (C=O) groups is 2. The number of halogens is 16. The predicted octanol–water partition coefficient (Wildman–Crippen LogP) is 8.88. The number of aromatic carboxylic acids is 1. The molecule has 0 fully saturated rings. The number of hydrogen-bond acceptors (Lipinski definition) is 8. The Hall–Kier alpha value is -5.84. The van der Waals surface area contributed by atoms with E-state index in [9.17, 15) is 96.7 Å². The van der Waals surface area contributed by atoms with Crippen molar-refractivity contribution in [1.29, 1.82) is 0 Å². The second-order valence-electron chi connectivity index (χ2n) is 11.6. The van der Waals surface area contributed by atoms with Gasteiger partial charge in [0.1, 0.15) is 23.1 Å². The first kappa shape index (κ1) is 51.3. The van der Waals surface area contributed by atoms with E-state index < -0.39 is 136 Å². The Morgan fingerprint density at radius 3 is 1.07 bits per heavy atom. The van der Waals surface area contributed by atoms with Crippen LogP contribution in [-0.4, -0.2) is 46.3 Å². The van der Waals surface area contributed by atoms with Crippen LogP contribution in [-0.2, 0) is 44.8 Å². The highest BCUT2D eigenvalue weighted by Crippen LogP contribution is 2.41. The number of alkyl halides is 12. The zero-order valence-corrected chi connectivity index (χ0v) is 31.1. The number of benzene rings is 4. The third kappa shape index (κ3) is 16.3. The molecule has 29 heteroatoms. The molecule has 0 aliphatic heterocycles. The number of amides is 1. The molecule has 4 rings (SSSR count). The van der Waals surface area contributed by atoms with Crippen LogP contribution in [0.25, 0.3) is 0 Å². The van der Waals surface area contributed by atoms with Gasteiger partial charge < -0.3 is 14.6 Å². The number of carboxylic acids is 1. The fourth-order valence-electron chi connectivity index (χ4n) is 4.00. The van der Waals surface area contributed by atoms with Crippen LogP contribution in [0.3, 0.4) is 0 Å². The van der Waals surface area contributed by atoms with E-state index in [2.05, 4.69) is 14.6 Å². The van der Waals surface area contributed by atoms with E-state index in [-0.39, 0.29) is 60.7 Å². The van der Waals surface area contributed by atoms with Crippen LogP contribution in [0.2, 0.25) is 0 Å². The number of sulfonamides is 2. The number of nitrogens with one attached hydrogen (secondary N) is 1. The average Bonchev–Trinajstić information content (AvgIpc) is 3.04. The number of carboxylic acid groups (broad SMARTS) is 1. The topological polar surface area (TPSA) is 179 Å². The van der Waals surface area contributed by atoms with E-state index in [1.165, 1.54) is 4.72 Å². The molecule has 0 saturated carbocycles. The minimum atomic E-state index is -5.20. The minimum absolute atomic E-state index is 0.136. The first-order valence-corrected chi connectivity index (χ1v) is 18.8. The van der Waals surface area contributed by atoms with Crippen molar-refractivity contribution in [3.8, 4) is 23.0 Å². The van der Waals surface area contributed by atoms with Crippen molar-refractivity contribution < 1.29 is 111 Å². The second kappa shape index (κ2) is 18.4. The van der Waals surface area contributed by atoms with E-state index in [0.29, 0.717) is 6.26 Å². The Morgan fingerprint density at radius 1 is 0.525 bits per heavy atom. The zero-order valence-electron chi connectivity index (χ0n) is 29.4. The monoisotopic (exact) mass is 944 g/mol. The van der Waals surface area contributed by atoms with Gasteiger partial charge in [0.25, 0.3) is 5.91 Å². The van der Waals surface area contributed by atoms with Crippen LogP contribution >= 0.6 is 0 Å². The second-order valence-corrected chi connectivity index (χ2v) is 15.0. The maximum Gasteiger partial charge on any atom is 0.416 e. The number of nitrogens with two attached hydrogens (primary N) is 1. The Balaban J connectivity index is 0.000000381. The number of rotatable bonds is 7. The van der Waals surface area contributed by atoms with Crippen molar-refractivity contribution in [3.05, 3.63) is 117 Å². The highest BCUT2D eigenvalue weighted by atomic mass is 32.2. The zero-order chi connectivity index (χ0) is 47.4. The summed E-state index contributed by atoms with van der Waals surface area (Å²) in [7, 11) is -7.30. The molecule has 336 valence electrons. The lowest BCUT2D eigenvalue weighted by molar-refractivity contribution is -0.144. The molecule has 1 amide bonds. The molecule has 0 radical (unpaired) electrons. The van der Waals surface area contributed by atoms with Crippen LogP contribution in [0.4, 0.5) is 70.2 Å². The fourth-order valence-corrected chi connectivity index (χ4v) is 4.45. The van der Waals surface area contributed by atoms with Crippen LogP contribution in [0, 0.1) is 23.3 Å². The van der Waals surface area contributed by atoms with E-state index in [1.54, 1.807) is 0 Å². The van der Waals surface area contributed by atoms with Crippen LogP contribution in [0.15, 0.2) is 60.7 Å². The molecule has 0 bridgehead atoms. The molecule has 0 unspecified atom stereocenters. The van der Waals surface area contributed by atoms with Gasteiger partial charge in [0, 0.05) is 12.1 Å². The van der Waals surface area contributed by atoms with Crippen molar-refractivity contribution in [3.63, 3.8) is 0 Å². The molecule has 61 heavy (non-hydrogen) atoms. The number of primary sulfonamides is 1. The lowest BCUT2D eigenvalue weighted by atomic mass is 10.1. The summed E-state index contributed by atoms with van der Waals surface area (Å²) >= 11 is 0. The molecule has 0 saturated heterocycles. The molecule has 0 aliphatic rings. The number of hydrogen-bond donors (Lipinski definition) is 3. The largest absolute Gasteiger partial charge is 0.478 e. The summed E-state index contributed by atoms with van der Waals surface area (Å²) < 4.78 is 260. The maximum atomic E-state index is 14.1. The lowest BCUT2D eigenvalue weighted by Crippen LogP contribution is -2.30. The van der Waals surface area contributed by atoms with Crippen LogP contribution < -0.4 is 19.3 Å². The van der Waals surface area contributed by atoms with E-state index in [4.69, 9.17) is 5.11 Å². The van der Waals surface area contributed by atoms with E-state index in [1.807, 2.05) is 0 Å². The summed E-state index contributed by atoms with van der Waals surface area (Å²) in [6.07, 6.45) is -19.2. The van der Waals surface area contributed by atoms with Gasteiger partial charge >= 0.3 is 30.7 Å². The van der Waals surface area contributed by atoms with Gasteiger partial charge in [-0.1, -0.05) is 0 Å². The van der Waals surface area contributed by atoms with Gasteiger partial charge in [-0.3, -0.25) is 4.79 Å².